The molecule has 34 heavy (non-hydrogen) atoms. The molecule has 6 rings (SSSR count). The molecule has 1 N–H and O–H groups in total. The molecule has 6 nitrogen and oxygen atoms in total. The Morgan fingerprint density at radius 3 is 1.88 bits per heavy atom. The number of hydrogen-bond acceptors (Lipinski definition) is 3. The van der Waals surface area contributed by atoms with Gasteiger partial charge in [-0.2, -0.15) is 0 Å². The van der Waals surface area contributed by atoms with E-state index in [1.54, 1.807) is 0 Å². The third kappa shape index (κ3) is 4.84. The van der Waals surface area contributed by atoms with Gasteiger partial charge in [0.15, 0.2) is 0 Å². The van der Waals surface area contributed by atoms with Gasteiger partial charge >= 0.3 is 6.03 Å². The van der Waals surface area contributed by atoms with Gasteiger partial charge in [-0.05, 0) is 80.5 Å². The van der Waals surface area contributed by atoms with Crippen molar-refractivity contribution in [1.82, 2.24) is 20.0 Å². The summed E-state index contributed by atoms with van der Waals surface area (Å²) in [6.07, 6.45) is 7.43. The first-order valence-electron chi connectivity index (χ1n) is 13.6. The van der Waals surface area contributed by atoms with Crippen molar-refractivity contribution < 1.29 is 9.59 Å². The molecule has 4 bridgehead atoms. The van der Waals surface area contributed by atoms with Crippen LogP contribution in [0.4, 0.5) is 4.79 Å². The van der Waals surface area contributed by atoms with Crippen LogP contribution in [0, 0.1) is 23.2 Å². The van der Waals surface area contributed by atoms with Crippen molar-refractivity contribution in [1.29, 1.82) is 0 Å². The third-order valence-electron chi connectivity index (χ3n) is 9.11. The maximum atomic E-state index is 13.6. The van der Waals surface area contributed by atoms with Crippen LogP contribution in [0.15, 0.2) is 24.3 Å². The fourth-order valence-corrected chi connectivity index (χ4v) is 7.58. The number of benzene rings is 1. The molecular weight excluding hydrogens is 424 g/mol. The molecule has 0 radical (unpaired) electrons. The number of carbonyl (C=O) groups excluding carboxylic acids is 2. The van der Waals surface area contributed by atoms with E-state index in [0.29, 0.717) is 38.6 Å². The molecule has 1 aliphatic heterocycles. The summed E-state index contributed by atoms with van der Waals surface area (Å²) >= 11 is 0. The Bertz CT molecular complexity index is 836. The number of urea groups is 1. The fourth-order valence-electron chi connectivity index (χ4n) is 7.58. The van der Waals surface area contributed by atoms with Crippen molar-refractivity contribution in [3.8, 4) is 0 Å². The first kappa shape index (κ1) is 23.7. The van der Waals surface area contributed by atoms with Crippen molar-refractivity contribution in [3.05, 3.63) is 35.4 Å². The number of nitrogens with one attached hydrogen (secondary N) is 1. The highest BCUT2D eigenvalue weighted by Crippen LogP contribution is 2.60. The topological polar surface area (TPSA) is 55.9 Å². The second kappa shape index (κ2) is 9.88. The summed E-state index contributed by atoms with van der Waals surface area (Å²) in [5, 5.41) is 3.08. The second-order valence-corrected chi connectivity index (χ2v) is 11.4. The molecule has 1 heterocycles. The Morgan fingerprint density at radius 2 is 1.35 bits per heavy atom. The predicted molar refractivity (Wildman–Crippen MR) is 134 cm³/mol. The summed E-state index contributed by atoms with van der Waals surface area (Å²) in [5.41, 5.74) is 2.35. The van der Waals surface area contributed by atoms with E-state index in [2.05, 4.69) is 53.2 Å². The van der Waals surface area contributed by atoms with Crippen LogP contribution in [0.1, 0.15) is 63.5 Å². The van der Waals surface area contributed by atoms with Gasteiger partial charge in [0.05, 0.1) is 5.41 Å². The first-order valence-corrected chi connectivity index (χ1v) is 13.6. The normalized spacial score (nSPS) is 30.1. The van der Waals surface area contributed by atoms with Gasteiger partial charge in [-0.1, -0.05) is 38.1 Å². The molecule has 1 aromatic carbocycles. The molecule has 4 saturated carbocycles. The Balaban J connectivity index is 1.08. The molecule has 6 heteroatoms. The maximum Gasteiger partial charge on any atom is 0.317 e. The van der Waals surface area contributed by atoms with E-state index >= 15 is 0 Å². The average molecular weight is 467 g/mol. The maximum absolute atomic E-state index is 13.6. The summed E-state index contributed by atoms with van der Waals surface area (Å²) in [7, 11) is 0. The molecule has 0 atom stereocenters. The van der Waals surface area contributed by atoms with E-state index in [4.69, 9.17) is 0 Å². The number of amides is 3. The lowest BCUT2D eigenvalue weighted by atomic mass is 9.49. The smallest absolute Gasteiger partial charge is 0.317 e. The Labute approximate surface area is 205 Å². The van der Waals surface area contributed by atoms with Gasteiger partial charge in [0, 0.05) is 39.3 Å². The van der Waals surface area contributed by atoms with Crippen LogP contribution in [0.3, 0.4) is 0 Å². The standard InChI is InChI=1S/C28H42N4O2/c1-3-30(4-2)20-22-7-5-21(6-8-22)19-29-27(34)32-11-9-31(10-12-32)26(33)28-16-23-13-24(17-28)15-25(14-23)18-28/h5-8,23-25H,3-4,9-20H2,1-2H3,(H,29,34). The van der Waals surface area contributed by atoms with E-state index in [0.717, 1.165) is 62.2 Å². The SMILES string of the molecule is CCN(CC)Cc1ccc(CNC(=O)N2CCN(C(=O)C34CC5CC(CC(C5)C3)C4)CC2)cc1. The van der Waals surface area contributed by atoms with Gasteiger partial charge in [-0.25, -0.2) is 4.79 Å². The van der Waals surface area contributed by atoms with Crippen molar-refractivity contribution in [2.75, 3.05) is 39.3 Å². The van der Waals surface area contributed by atoms with E-state index in [-0.39, 0.29) is 11.4 Å². The summed E-state index contributed by atoms with van der Waals surface area (Å²) in [6.45, 7) is 10.6. The predicted octanol–water partition coefficient (Wildman–Crippen LogP) is 4.10. The van der Waals surface area contributed by atoms with Crippen LogP contribution >= 0.6 is 0 Å². The minimum absolute atomic E-state index is 0.0193. The molecule has 3 amide bonds. The zero-order valence-corrected chi connectivity index (χ0v) is 21.1. The Morgan fingerprint density at radius 1 is 0.853 bits per heavy atom. The highest BCUT2D eigenvalue weighted by atomic mass is 16.2. The molecule has 5 fully saturated rings. The Hall–Kier alpha value is -2.08. The molecule has 186 valence electrons. The van der Waals surface area contributed by atoms with Crippen molar-refractivity contribution in [3.63, 3.8) is 0 Å². The number of rotatable bonds is 7. The number of hydrogen-bond donors (Lipinski definition) is 1. The highest BCUT2D eigenvalue weighted by Gasteiger charge is 2.55. The lowest BCUT2D eigenvalue weighted by molar-refractivity contribution is -0.159. The number of piperazine rings is 1. The number of nitrogens with zero attached hydrogens (tertiary/aromatic N) is 3. The van der Waals surface area contributed by atoms with Gasteiger partial charge < -0.3 is 15.1 Å². The average Bonchev–Trinajstić information content (AvgIpc) is 2.85. The molecular formula is C28H42N4O2. The molecule has 5 aliphatic rings. The summed E-state index contributed by atoms with van der Waals surface area (Å²) in [5.74, 6) is 2.76. The summed E-state index contributed by atoms with van der Waals surface area (Å²) in [6, 6.07) is 8.53. The van der Waals surface area contributed by atoms with Crippen LogP contribution in [0.2, 0.25) is 0 Å². The van der Waals surface area contributed by atoms with Gasteiger partial charge in [-0.3, -0.25) is 9.69 Å². The van der Waals surface area contributed by atoms with Crippen LogP contribution in [-0.2, 0) is 17.9 Å². The lowest BCUT2D eigenvalue weighted by Gasteiger charge is -2.57. The lowest BCUT2D eigenvalue weighted by Crippen LogP contribution is -2.59. The van der Waals surface area contributed by atoms with E-state index < -0.39 is 0 Å². The van der Waals surface area contributed by atoms with Crippen molar-refractivity contribution >= 4 is 11.9 Å². The van der Waals surface area contributed by atoms with Crippen molar-refractivity contribution in [2.45, 2.75) is 65.5 Å². The molecule has 4 aliphatic carbocycles. The zero-order chi connectivity index (χ0) is 23.7. The molecule has 0 spiro atoms. The van der Waals surface area contributed by atoms with Crippen LogP contribution in [-0.4, -0.2) is 65.9 Å². The van der Waals surface area contributed by atoms with E-state index in [1.165, 1.54) is 24.8 Å². The third-order valence-corrected chi connectivity index (χ3v) is 9.11. The number of carbonyl (C=O) groups is 2. The van der Waals surface area contributed by atoms with Crippen LogP contribution in [0.5, 0.6) is 0 Å². The molecule has 1 saturated heterocycles. The van der Waals surface area contributed by atoms with Crippen LogP contribution in [0.25, 0.3) is 0 Å². The van der Waals surface area contributed by atoms with Gasteiger partial charge in [0.1, 0.15) is 0 Å². The van der Waals surface area contributed by atoms with E-state index in [1.807, 2.05) is 4.90 Å². The second-order valence-electron chi connectivity index (χ2n) is 11.4. The molecule has 1 aromatic rings. The summed E-state index contributed by atoms with van der Waals surface area (Å²) < 4.78 is 0. The monoisotopic (exact) mass is 466 g/mol. The fraction of sp³-hybridized carbons (Fsp3) is 0.714. The highest BCUT2D eigenvalue weighted by molar-refractivity contribution is 5.84. The van der Waals surface area contributed by atoms with Gasteiger partial charge in [-0.15, -0.1) is 0 Å². The largest absolute Gasteiger partial charge is 0.339 e. The van der Waals surface area contributed by atoms with Gasteiger partial charge in [0.2, 0.25) is 5.91 Å². The van der Waals surface area contributed by atoms with E-state index in [9.17, 15) is 9.59 Å². The molecule has 0 unspecified atom stereocenters. The van der Waals surface area contributed by atoms with Crippen LogP contribution < -0.4 is 5.32 Å². The quantitative estimate of drug-likeness (QED) is 0.658. The van der Waals surface area contributed by atoms with Gasteiger partial charge in [0.25, 0.3) is 0 Å². The Kier molecular flexibility index (Phi) is 6.88. The minimum atomic E-state index is -0.0728. The summed E-state index contributed by atoms with van der Waals surface area (Å²) in [4.78, 5) is 32.7. The van der Waals surface area contributed by atoms with Crippen molar-refractivity contribution in [2.24, 2.45) is 23.2 Å². The molecule has 0 aromatic heterocycles. The minimum Gasteiger partial charge on any atom is -0.339 e. The first-order chi connectivity index (χ1) is 16.5. The zero-order valence-electron chi connectivity index (χ0n) is 21.1.